The van der Waals surface area contributed by atoms with Crippen molar-refractivity contribution in [3.8, 4) is 5.75 Å². The van der Waals surface area contributed by atoms with Crippen molar-refractivity contribution in [2.24, 2.45) is 0 Å². The molecule has 1 amide bonds. The molecule has 6 nitrogen and oxygen atoms in total. The number of fused-ring (bicyclic) bond motifs is 1. The lowest BCUT2D eigenvalue weighted by Gasteiger charge is -2.35. The Balaban J connectivity index is 1.61. The molecule has 0 saturated heterocycles. The van der Waals surface area contributed by atoms with Crippen LogP contribution in [-0.4, -0.2) is 45.5 Å². The van der Waals surface area contributed by atoms with Crippen LogP contribution in [0.4, 0.5) is 5.69 Å². The number of benzene rings is 2. The van der Waals surface area contributed by atoms with Crippen molar-refractivity contribution in [1.29, 1.82) is 0 Å². The number of thioether (sulfide) groups is 1. The highest BCUT2D eigenvalue weighted by Gasteiger charge is 2.35. The molecule has 1 aliphatic rings. The molecule has 174 valence electrons. The summed E-state index contributed by atoms with van der Waals surface area (Å²) < 4.78 is 32.1. The zero-order chi connectivity index (χ0) is 23.5. The first-order chi connectivity index (χ1) is 14.9. The van der Waals surface area contributed by atoms with Gasteiger partial charge in [-0.05, 0) is 35.6 Å². The van der Waals surface area contributed by atoms with Gasteiger partial charge in [0, 0.05) is 18.1 Å². The molecule has 1 atom stereocenters. The van der Waals surface area contributed by atoms with Gasteiger partial charge in [0.15, 0.2) is 6.10 Å². The molecule has 3 rings (SSSR count). The number of anilines is 1. The summed E-state index contributed by atoms with van der Waals surface area (Å²) in [6, 6.07) is 13.9. The van der Waals surface area contributed by atoms with Gasteiger partial charge in [0.1, 0.15) is 5.75 Å². The fourth-order valence-electron chi connectivity index (χ4n) is 3.40. The van der Waals surface area contributed by atoms with E-state index in [9.17, 15) is 13.2 Å². The lowest BCUT2D eigenvalue weighted by atomic mass is 9.86. The van der Waals surface area contributed by atoms with Crippen LogP contribution in [0.25, 0.3) is 0 Å². The van der Waals surface area contributed by atoms with Crippen LogP contribution in [0.5, 0.6) is 5.75 Å². The van der Waals surface area contributed by atoms with E-state index in [1.165, 1.54) is 15.4 Å². The van der Waals surface area contributed by atoms with Crippen LogP contribution in [0.2, 0.25) is 0 Å². The number of carbonyl (C=O) groups is 1. The Labute approximate surface area is 195 Å². The van der Waals surface area contributed by atoms with Gasteiger partial charge in [0.25, 0.3) is 5.91 Å². The topological polar surface area (TPSA) is 75.7 Å². The fourth-order valence-corrected chi connectivity index (χ4v) is 5.13. The van der Waals surface area contributed by atoms with Crippen LogP contribution < -0.4 is 14.4 Å². The maximum absolute atomic E-state index is 12.7. The average Bonchev–Trinajstić information content (AvgIpc) is 2.72. The molecule has 0 spiro atoms. The van der Waals surface area contributed by atoms with E-state index in [4.69, 9.17) is 4.74 Å². The SMILES string of the molecule is Cc1ccc(CSCCNC(=O)C2CN(S(C)(=O)=O)c3cc(C(C)(C)C)ccc3O2)cc1. The molecule has 8 heteroatoms. The Morgan fingerprint density at radius 2 is 1.88 bits per heavy atom. The Hall–Kier alpha value is -2.19. The van der Waals surface area contributed by atoms with Crippen molar-refractivity contribution in [2.45, 2.75) is 45.0 Å². The van der Waals surface area contributed by atoms with Gasteiger partial charge in [-0.2, -0.15) is 11.8 Å². The highest BCUT2D eigenvalue weighted by molar-refractivity contribution is 7.98. The molecule has 2 aromatic rings. The van der Waals surface area contributed by atoms with Crippen molar-refractivity contribution in [2.75, 3.05) is 29.4 Å². The number of rotatable bonds is 7. The van der Waals surface area contributed by atoms with Crippen LogP contribution in [0, 0.1) is 6.92 Å². The first-order valence-corrected chi connectivity index (χ1v) is 13.7. The summed E-state index contributed by atoms with van der Waals surface area (Å²) in [5.74, 6) is 1.73. The number of sulfonamides is 1. The van der Waals surface area contributed by atoms with Crippen LogP contribution in [-0.2, 0) is 26.0 Å². The zero-order valence-electron chi connectivity index (χ0n) is 19.3. The number of nitrogens with one attached hydrogen (secondary N) is 1. The summed E-state index contributed by atoms with van der Waals surface area (Å²) in [7, 11) is -3.56. The average molecular weight is 477 g/mol. The minimum absolute atomic E-state index is 0.0399. The predicted molar refractivity (Wildman–Crippen MR) is 132 cm³/mol. The molecular weight excluding hydrogens is 444 g/mol. The smallest absolute Gasteiger partial charge is 0.263 e. The van der Waals surface area contributed by atoms with Gasteiger partial charge in [0.05, 0.1) is 18.5 Å². The van der Waals surface area contributed by atoms with Crippen LogP contribution in [0.15, 0.2) is 42.5 Å². The summed E-state index contributed by atoms with van der Waals surface area (Å²) in [6.45, 7) is 8.71. The van der Waals surface area contributed by atoms with Crippen LogP contribution in [0.3, 0.4) is 0 Å². The Bertz CT molecular complexity index is 1060. The normalized spacial score (nSPS) is 16.3. The van der Waals surface area contributed by atoms with E-state index in [-0.39, 0.29) is 17.9 Å². The van der Waals surface area contributed by atoms with E-state index >= 15 is 0 Å². The molecule has 1 aliphatic heterocycles. The second kappa shape index (κ2) is 9.75. The summed E-state index contributed by atoms with van der Waals surface area (Å²) in [5, 5.41) is 2.88. The molecule has 1 heterocycles. The van der Waals surface area contributed by atoms with Crippen molar-refractivity contribution < 1.29 is 17.9 Å². The monoisotopic (exact) mass is 476 g/mol. The van der Waals surface area contributed by atoms with Gasteiger partial charge in [-0.1, -0.05) is 56.7 Å². The third-order valence-corrected chi connectivity index (χ3v) is 7.50. The Kier molecular flexibility index (Phi) is 7.45. The number of aryl methyl sites for hydroxylation is 1. The number of carbonyl (C=O) groups excluding carboxylic acids is 1. The van der Waals surface area contributed by atoms with E-state index < -0.39 is 16.1 Å². The van der Waals surface area contributed by atoms with E-state index in [2.05, 4.69) is 57.3 Å². The highest BCUT2D eigenvalue weighted by atomic mass is 32.2. The molecule has 0 aromatic heterocycles. The molecule has 2 aromatic carbocycles. The maximum atomic E-state index is 12.7. The second-order valence-electron chi connectivity index (χ2n) is 9.16. The molecule has 32 heavy (non-hydrogen) atoms. The number of amides is 1. The molecule has 0 saturated carbocycles. The van der Waals surface area contributed by atoms with E-state index in [1.807, 2.05) is 12.1 Å². The van der Waals surface area contributed by atoms with Gasteiger partial charge in [-0.25, -0.2) is 8.42 Å². The number of ether oxygens (including phenoxy) is 1. The van der Waals surface area contributed by atoms with Crippen molar-refractivity contribution >= 4 is 33.4 Å². The number of hydrogen-bond acceptors (Lipinski definition) is 5. The van der Waals surface area contributed by atoms with Crippen molar-refractivity contribution in [3.63, 3.8) is 0 Å². The van der Waals surface area contributed by atoms with Gasteiger partial charge >= 0.3 is 0 Å². The van der Waals surface area contributed by atoms with Gasteiger partial charge < -0.3 is 10.1 Å². The second-order valence-corrected chi connectivity index (χ2v) is 12.2. The summed E-state index contributed by atoms with van der Waals surface area (Å²) >= 11 is 1.74. The molecular formula is C24H32N2O4S2. The molecule has 0 aliphatic carbocycles. The van der Waals surface area contributed by atoms with E-state index in [0.717, 1.165) is 23.3 Å². The van der Waals surface area contributed by atoms with Gasteiger partial charge in [0.2, 0.25) is 10.0 Å². The van der Waals surface area contributed by atoms with E-state index in [0.29, 0.717) is 18.0 Å². The van der Waals surface area contributed by atoms with Crippen LogP contribution >= 0.6 is 11.8 Å². The molecule has 1 N–H and O–H groups in total. The number of nitrogens with zero attached hydrogens (tertiary/aromatic N) is 1. The van der Waals surface area contributed by atoms with Gasteiger partial charge in [-0.3, -0.25) is 9.10 Å². The first kappa shape index (κ1) is 24.5. The Morgan fingerprint density at radius 3 is 2.50 bits per heavy atom. The molecule has 0 radical (unpaired) electrons. The fraction of sp³-hybridized carbons (Fsp3) is 0.458. The zero-order valence-corrected chi connectivity index (χ0v) is 21.0. The molecule has 1 unspecified atom stereocenters. The largest absolute Gasteiger partial charge is 0.476 e. The lowest BCUT2D eigenvalue weighted by Crippen LogP contribution is -2.50. The third kappa shape index (κ3) is 6.19. The standard InChI is InChI=1S/C24H32N2O4S2/c1-17-6-8-18(9-7-17)16-31-13-12-25-23(27)22-15-26(32(5,28)29)20-14-19(24(2,3)4)10-11-21(20)30-22/h6-11,14,22H,12-13,15-16H2,1-5H3,(H,25,27). The minimum atomic E-state index is -3.56. The van der Waals surface area contributed by atoms with Crippen LogP contribution in [0.1, 0.15) is 37.5 Å². The highest BCUT2D eigenvalue weighted by Crippen LogP contribution is 2.38. The first-order valence-electron chi connectivity index (χ1n) is 10.6. The quantitative estimate of drug-likeness (QED) is 0.614. The maximum Gasteiger partial charge on any atom is 0.263 e. The van der Waals surface area contributed by atoms with E-state index in [1.54, 1.807) is 17.8 Å². The number of hydrogen-bond donors (Lipinski definition) is 1. The van der Waals surface area contributed by atoms with Crippen molar-refractivity contribution in [3.05, 3.63) is 59.2 Å². The Morgan fingerprint density at radius 1 is 1.19 bits per heavy atom. The summed E-state index contributed by atoms with van der Waals surface area (Å²) in [5.41, 5.74) is 3.83. The lowest BCUT2D eigenvalue weighted by molar-refractivity contribution is -0.127. The predicted octanol–water partition coefficient (Wildman–Crippen LogP) is 3.87. The molecule has 0 bridgehead atoms. The molecule has 0 fully saturated rings. The third-order valence-electron chi connectivity index (χ3n) is 5.32. The van der Waals surface area contributed by atoms with Gasteiger partial charge in [-0.15, -0.1) is 0 Å². The van der Waals surface area contributed by atoms with Crippen molar-refractivity contribution in [1.82, 2.24) is 5.32 Å². The summed E-state index contributed by atoms with van der Waals surface area (Å²) in [4.78, 5) is 12.7. The summed E-state index contributed by atoms with van der Waals surface area (Å²) in [6.07, 6.45) is 0.266. The minimum Gasteiger partial charge on any atom is -0.476 e.